The summed E-state index contributed by atoms with van der Waals surface area (Å²) < 4.78 is 31.2. The van der Waals surface area contributed by atoms with E-state index in [0.29, 0.717) is 25.5 Å². The Kier molecular flexibility index (Phi) is 6.45. The molecule has 4 aromatic heterocycles. The number of imidazole rings is 1. The highest BCUT2D eigenvalue weighted by atomic mass is 32.2. The summed E-state index contributed by atoms with van der Waals surface area (Å²) in [5.41, 5.74) is 2.69. The number of benzene rings is 1. The summed E-state index contributed by atoms with van der Waals surface area (Å²) in [6, 6.07) is 11.7. The van der Waals surface area contributed by atoms with Crippen LogP contribution >= 0.6 is 11.3 Å². The number of rotatable bonds is 5. The van der Waals surface area contributed by atoms with Crippen LogP contribution in [-0.4, -0.2) is 63.8 Å². The number of aryl methyl sites for hydroxylation is 1. The first kappa shape index (κ1) is 24.4. The summed E-state index contributed by atoms with van der Waals surface area (Å²) in [5, 5.41) is 4.30. The van der Waals surface area contributed by atoms with E-state index >= 15 is 0 Å². The third-order valence-electron chi connectivity index (χ3n) is 6.32. The average Bonchev–Trinajstić information content (AvgIpc) is 3.54. The fraction of sp³-hybridized carbons (Fsp3) is 0.222. The minimum absolute atomic E-state index is 0.204. The third kappa shape index (κ3) is 5.33. The Morgan fingerprint density at radius 3 is 2.79 bits per heavy atom. The molecule has 1 saturated heterocycles. The number of thiophene rings is 1. The number of nitrogens with zero attached hydrogens (tertiary/aromatic N) is 5. The van der Waals surface area contributed by atoms with Crippen molar-refractivity contribution in [3.8, 4) is 23.3 Å². The van der Waals surface area contributed by atoms with E-state index in [1.807, 2.05) is 60.1 Å². The molecule has 6 rings (SSSR count). The molecule has 5 aromatic rings. The largest absolute Gasteiger partial charge is 0.457 e. The van der Waals surface area contributed by atoms with Gasteiger partial charge in [0.05, 0.1) is 28.3 Å². The van der Waals surface area contributed by atoms with Crippen LogP contribution in [0.1, 0.15) is 10.4 Å². The predicted octanol–water partition coefficient (Wildman–Crippen LogP) is 4.27. The average molecular weight is 545 g/mol. The van der Waals surface area contributed by atoms with Crippen LogP contribution in [0.25, 0.3) is 15.9 Å². The van der Waals surface area contributed by atoms with E-state index < -0.39 is 9.84 Å². The minimum atomic E-state index is -2.89. The molecule has 0 spiro atoms. The molecule has 9 nitrogen and oxygen atoms in total. The van der Waals surface area contributed by atoms with Gasteiger partial charge in [0.1, 0.15) is 34.1 Å². The van der Waals surface area contributed by atoms with Crippen molar-refractivity contribution in [2.75, 3.05) is 36.5 Å². The Labute approximate surface area is 224 Å². The Morgan fingerprint density at radius 2 is 1.95 bits per heavy atom. The van der Waals surface area contributed by atoms with Crippen molar-refractivity contribution in [2.45, 2.75) is 6.92 Å². The van der Waals surface area contributed by atoms with Crippen LogP contribution in [0.3, 0.4) is 0 Å². The number of hydrogen-bond donors (Lipinski definition) is 1. The third-order valence-corrected chi connectivity index (χ3v) is 8.88. The summed E-state index contributed by atoms with van der Waals surface area (Å²) in [6.07, 6.45) is 7.11. The van der Waals surface area contributed by atoms with Gasteiger partial charge in [-0.25, -0.2) is 23.4 Å². The quantitative estimate of drug-likeness (QED) is 0.328. The standard InChI is InChI=1S/C27H24N6O3S2/c1-19-15-20(4-5-24(19)36-21-6-9-33-10-7-28-25(33)16-21)31-26-23-17-22(37-27(23)30-18-29-26)3-2-8-32-11-13-38(34,35)14-12-32/h4-7,9-10,15-18H,8,11-14H2,1H3,(H,29,30,31). The molecule has 1 aromatic carbocycles. The maximum atomic E-state index is 11.6. The van der Waals surface area contributed by atoms with E-state index in [2.05, 4.69) is 37.0 Å². The van der Waals surface area contributed by atoms with Crippen molar-refractivity contribution in [3.63, 3.8) is 0 Å². The van der Waals surface area contributed by atoms with Crippen LogP contribution in [0.15, 0.2) is 61.3 Å². The Balaban J connectivity index is 1.15. The highest BCUT2D eigenvalue weighted by molar-refractivity contribution is 7.91. The zero-order chi connectivity index (χ0) is 26.1. The van der Waals surface area contributed by atoms with E-state index in [1.165, 1.54) is 11.3 Å². The zero-order valence-corrected chi connectivity index (χ0v) is 22.2. The molecule has 0 aliphatic carbocycles. The molecule has 192 valence electrons. The van der Waals surface area contributed by atoms with Crippen molar-refractivity contribution < 1.29 is 13.2 Å². The van der Waals surface area contributed by atoms with Crippen molar-refractivity contribution in [3.05, 3.63) is 71.8 Å². The second kappa shape index (κ2) is 10.1. The summed E-state index contributed by atoms with van der Waals surface area (Å²) in [6.45, 7) is 3.61. The molecule has 11 heteroatoms. The number of sulfone groups is 1. The zero-order valence-electron chi connectivity index (χ0n) is 20.6. The van der Waals surface area contributed by atoms with E-state index in [1.54, 1.807) is 12.5 Å². The summed E-state index contributed by atoms with van der Waals surface area (Å²) in [4.78, 5) is 17.0. The van der Waals surface area contributed by atoms with Gasteiger partial charge in [0, 0.05) is 43.4 Å². The molecule has 0 unspecified atom stereocenters. The first-order valence-electron chi connectivity index (χ1n) is 12.1. The number of aromatic nitrogens is 4. The molecule has 1 fully saturated rings. The van der Waals surface area contributed by atoms with Crippen LogP contribution in [0.5, 0.6) is 11.5 Å². The lowest BCUT2D eigenvalue weighted by atomic mass is 10.2. The SMILES string of the molecule is Cc1cc(Nc2ncnc3sc(C#CCN4CCS(=O)(=O)CC4)cc23)ccc1Oc1ccn2ccnc2c1. The number of pyridine rings is 1. The van der Waals surface area contributed by atoms with Crippen molar-refractivity contribution in [2.24, 2.45) is 0 Å². The molecule has 0 amide bonds. The lowest BCUT2D eigenvalue weighted by Gasteiger charge is -2.24. The number of nitrogens with one attached hydrogen (secondary N) is 1. The van der Waals surface area contributed by atoms with Gasteiger partial charge in [-0.2, -0.15) is 0 Å². The number of hydrogen-bond acceptors (Lipinski definition) is 9. The van der Waals surface area contributed by atoms with E-state index in [4.69, 9.17) is 4.74 Å². The lowest BCUT2D eigenvalue weighted by Crippen LogP contribution is -2.40. The number of ether oxygens (including phenoxy) is 1. The van der Waals surface area contributed by atoms with E-state index in [0.717, 1.165) is 43.5 Å². The highest BCUT2D eigenvalue weighted by Gasteiger charge is 2.20. The first-order chi connectivity index (χ1) is 18.4. The lowest BCUT2D eigenvalue weighted by molar-refractivity contribution is 0.332. The van der Waals surface area contributed by atoms with Gasteiger partial charge in [0.15, 0.2) is 9.84 Å². The maximum absolute atomic E-state index is 11.6. The molecule has 38 heavy (non-hydrogen) atoms. The van der Waals surface area contributed by atoms with Crippen LogP contribution in [0, 0.1) is 18.8 Å². The predicted molar refractivity (Wildman–Crippen MR) is 149 cm³/mol. The topological polar surface area (TPSA) is 102 Å². The molecule has 5 heterocycles. The molecule has 0 radical (unpaired) electrons. The Morgan fingerprint density at radius 1 is 1.08 bits per heavy atom. The smallest absolute Gasteiger partial charge is 0.152 e. The fourth-order valence-electron chi connectivity index (χ4n) is 4.22. The molecular formula is C27H24N6O3S2. The fourth-order valence-corrected chi connectivity index (χ4v) is 6.37. The number of anilines is 2. The van der Waals surface area contributed by atoms with Gasteiger partial charge in [-0.1, -0.05) is 11.8 Å². The van der Waals surface area contributed by atoms with Crippen LogP contribution in [0.2, 0.25) is 0 Å². The summed E-state index contributed by atoms with van der Waals surface area (Å²) in [5.74, 6) is 8.98. The molecule has 0 bridgehead atoms. The maximum Gasteiger partial charge on any atom is 0.152 e. The van der Waals surface area contributed by atoms with Gasteiger partial charge in [-0.3, -0.25) is 4.90 Å². The molecule has 1 aliphatic heterocycles. The van der Waals surface area contributed by atoms with Crippen molar-refractivity contribution in [1.82, 2.24) is 24.3 Å². The van der Waals surface area contributed by atoms with Crippen LogP contribution in [0.4, 0.5) is 11.5 Å². The van der Waals surface area contributed by atoms with Crippen LogP contribution in [-0.2, 0) is 9.84 Å². The van der Waals surface area contributed by atoms with E-state index in [-0.39, 0.29) is 11.5 Å². The summed E-state index contributed by atoms with van der Waals surface area (Å²) >= 11 is 1.51. The second-order valence-electron chi connectivity index (χ2n) is 9.04. The van der Waals surface area contributed by atoms with Crippen LogP contribution < -0.4 is 10.1 Å². The van der Waals surface area contributed by atoms with Gasteiger partial charge in [-0.05, 0) is 42.8 Å². The van der Waals surface area contributed by atoms with Gasteiger partial charge in [-0.15, -0.1) is 11.3 Å². The Bertz CT molecular complexity index is 1800. The minimum Gasteiger partial charge on any atom is -0.457 e. The monoisotopic (exact) mass is 544 g/mol. The number of fused-ring (bicyclic) bond motifs is 2. The van der Waals surface area contributed by atoms with Crippen molar-refractivity contribution in [1.29, 1.82) is 0 Å². The van der Waals surface area contributed by atoms with Gasteiger partial charge in [0.25, 0.3) is 0 Å². The molecule has 1 aliphatic rings. The second-order valence-corrected chi connectivity index (χ2v) is 12.4. The highest BCUT2D eigenvalue weighted by Crippen LogP contribution is 2.32. The summed E-state index contributed by atoms with van der Waals surface area (Å²) in [7, 11) is -2.89. The molecule has 0 saturated carbocycles. The molecule has 1 N–H and O–H groups in total. The molecular weight excluding hydrogens is 520 g/mol. The molecule has 0 atom stereocenters. The van der Waals surface area contributed by atoms with Gasteiger partial charge < -0.3 is 14.5 Å². The van der Waals surface area contributed by atoms with Crippen molar-refractivity contribution >= 4 is 48.5 Å². The normalized spacial score (nSPS) is 15.3. The van der Waals surface area contributed by atoms with Gasteiger partial charge in [0.2, 0.25) is 0 Å². The Hall–Kier alpha value is -3.98. The first-order valence-corrected chi connectivity index (χ1v) is 14.7. The van der Waals surface area contributed by atoms with E-state index in [9.17, 15) is 8.42 Å². The van der Waals surface area contributed by atoms with Gasteiger partial charge >= 0.3 is 0 Å².